The van der Waals surface area contributed by atoms with Crippen molar-refractivity contribution in [2.24, 2.45) is 0 Å². The summed E-state index contributed by atoms with van der Waals surface area (Å²) in [6.07, 6.45) is 6.89. The van der Waals surface area contributed by atoms with Crippen LogP contribution < -0.4 is 5.32 Å². The van der Waals surface area contributed by atoms with Crippen LogP contribution in [0.25, 0.3) is 0 Å². The van der Waals surface area contributed by atoms with E-state index in [1.807, 2.05) is 7.05 Å². The maximum atomic E-state index is 4.71. The lowest BCUT2D eigenvalue weighted by Gasteiger charge is -2.24. The first kappa shape index (κ1) is 13.5. The second kappa shape index (κ2) is 7.49. The van der Waals surface area contributed by atoms with E-state index in [1.165, 1.54) is 50.9 Å². The highest BCUT2D eigenvalue weighted by Gasteiger charge is 2.09. The molecule has 1 N–H and O–H groups in total. The molecule has 100 valence electrons. The van der Waals surface area contributed by atoms with Crippen LogP contribution in [-0.4, -0.2) is 30.0 Å². The zero-order chi connectivity index (χ0) is 12.6. The first-order valence-electron chi connectivity index (χ1n) is 7.20. The van der Waals surface area contributed by atoms with Gasteiger partial charge in [0.2, 0.25) is 0 Å². The fourth-order valence-corrected chi connectivity index (χ4v) is 2.60. The molecule has 2 rings (SSSR count). The highest BCUT2D eigenvalue weighted by molar-refractivity contribution is 5.11. The summed E-state index contributed by atoms with van der Waals surface area (Å²) >= 11 is 0. The third kappa shape index (κ3) is 4.39. The van der Waals surface area contributed by atoms with Crippen LogP contribution in [0.2, 0.25) is 0 Å². The Balaban J connectivity index is 1.92. The van der Waals surface area contributed by atoms with E-state index in [-0.39, 0.29) is 0 Å². The van der Waals surface area contributed by atoms with Gasteiger partial charge in [-0.1, -0.05) is 25.3 Å². The molecule has 1 aromatic heterocycles. The number of hydrogen-bond donors (Lipinski definition) is 1. The van der Waals surface area contributed by atoms with E-state index < -0.39 is 0 Å². The molecule has 0 spiro atoms. The van der Waals surface area contributed by atoms with Crippen molar-refractivity contribution in [2.45, 2.75) is 45.2 Å². The zero-order valence-electron chi connectivity index (χ0n) is 11.5. The van der Waals surface area contributed by atoms with Crippen LogP contribution in [0.1, 0.15) is 43.5 Å². The molecule has 0 unspecified atom stereocenters. The van der Waals surface area contributed by atoms with Crippen molar-refractivity contribution in [3.8, 4) is 0 Å². The molecular weight excluding hydrogens is 222 g/mol. The number of likely N-dealkylation sites (tertiary alicyclic amines) is 1. The van der Waals surface area contributed by atoms with Crippen molar-refractivity contribution in [1.82, 2.24) is 15.2 Å². The molecule has 0 aliphatic carbocycles. The van der Waals surface area contributed by atoms with Crippen LogP contribution in [0, 0.1) is 0 Å². The summed E-state index contributed by atoms with van der Waals surface area (Å²) in [4.78, 5) is 7.27. The molecule has 3 heteroatoms. The quantitative estimate of drug-likeness (QED) is 0.886. The molecular formula is C15H25N3. The number of hydrogen-bond acceptors (Lipinski definition) is 3. The average molecular weight is 247 g/mol. The Morgan fingerprint density at radius 2 is 1.72 bits per heavy atom. The molecule has 1 aliphatic rings. The summed E-state index contributed by atoms with van der Waals surface area (Å²) < 4.78 is 0. The van der Waals surface area contributed by atoms with Crippen LogP contribution in [0.4, 0.5) is 0 Å². The summed E-state index contributed by atoms with van der Waals surface area (Å²) in [5, 5.41) is 3.16. The summed E-state index contributed by atoms with van der Waals surface area (Å²) in [6.45, 7) is 4.33. The minimum Gasteiger partial charge on any atom is -0.314 e. The Bertz CT molecular complexity index is 343. The van der Waals surface area contributed by atoms with Crippen molar-refractivity contribution in [3.63, 3.8) is 0 Å². The predicted molar refractivity (Wildman–Crippen MR) is 75.4 cm³/mol. The smallest absolute Gasteiger partial charge is 0.0547 e. The van der Waals surface area contributed by atoms with Gasteiger partial charge in [-0.25, -0.2) is 0 Å². The molecule has 0 amide bonds. The van der Waals surface area contributed by atoms with E-state index in [1.54, 1.807) is 0 Å². The third-order valence-corrected chi connectivity index (χ3v) is 3.56. The molecule has 1 fully saturated rings. The average Bonchev–Trinajstić information content (AvgIpc) is 2.33. The molecule has 0 bridgehead atoms. The van der Waals surface area contributed by atoms with Gasteiger partial charge in [-0.3, -0.25) is 9.88 Å². The predicted octanol–water partition coefficient (Wildman–Crippen LogP) is 2.57. The maximum absolute atomic E-state index is 4.71. The van der Waals surface area contributed by atoms with E-state index in [2.05, 4.69) is 28.4 Å². The van der Waals surface area contributed by atoms with E-state index in [4.69, 9.17) is 4.98 Å². The maximum Gasteiger partial charge on any atom is 0.0547 e. The molecule has 1 aliphatic heterocycles. The minimum absolute atomic E-state index is 0.855. The normalized spacial score (nSPS) is 18.3. The van der Waals surface area contributed by atoms with Gasteiger partial charge in [0.1, 0.15) is 0 Å². The summed E-state index contributed by atoms with van der Waals surface area (Å²) in [7, 11) is 1.96. The van der Waals surface area contributed by atoms with Crippen LogP contribution in [0.3, 0.4) is 0 Å². The molecule has 0 saturated carbocycles. The van der Waals surface area contributed by atoms with Gasteiger partial charge in [0, 0.05) is 13.1 Å². The van der Waals surface area contributed by atoms with Gasteiger partial charge in [0.05, 0.1) is 11.4 Å². The molecule has 2 heterocycles. The SMILES string of the molecule is CNCc1cccc(CN2CCCCCCC2)n1. The van der Waals surface area contributed by atoms with Crippen molar-refractivity contribution in [1.29, 1.82) is 0 Å². The number of aromatic nitrogens is 1. The lowest BCUT2D eigenvalue weighted by molar-refractivity contribution is 0.237. The third-order valence-electron chi connectivity index (χ3n) is 3.56. The zero-order valence-corrected chi connectivity index (χ0v) is 11.5. The molecule has 0 atom stereocenters. The van der Waals surface area contributed by atoms with E-state index in [0.717, 1.165) is 18.8 Å². The van der Waals surface area contributed by atoms with Crippen molar-refractivity contribution < 1.29 is 0 Å². The van der Waals surface area contributed by atoms with Gasteiger partial charge in [0.15, 0.2) is 0 Å². The molecule has 18 heavy (non-hydrogen) atoms. The number of nitrogens with one attached hydrogen (secondary N) is 1. The largest absolute Gasteiger partial charge is 0.314 e. The Labute approximate surface area is 111 Å². The monoisotopic (exact) mass is 247 g/mol. The number of nitrogens with zero attached hydrogens (tertiary/aromatic N) is 2. The molecule has 1 aromatic rings. The van der Waals surface area contributed by atoms with Gasteiger partial charge >= 0.3 is 0 Å². The lowest BCUT2D eigenvalue weighted by Crippen LogP contribution is -2.27. The van der Waals surface area contributed by atoms with Gasteiger partial charge in [-0.2, -0.15) is 0 Å². The first-order chi connectivity index (χ1) is 8.88. The number of pyridine rings is 1. The second-order valence-corrected chi connectivity index (χ2v) is 5.19. The topological polar surface area (TPSA) is 28.2 Å². The van der Waals surface area contributed by atoms with E-state index >= 15 is 0 Å². The summed E-state index contributed by atoms with van der Waals surface area (Å²) in [6, 6.07) is 6.37. The standard InChI is InChI=1S/C15H25N3/c1-16-12-14-8-7-9-15(17-14)13-18-10-5-3-2-4-6-11-18/h7-9,16H,2-6,10-13H2,1H3. The van der Waals surface area contributed by atoms with Crippen LogP contribution in [-0.2, 0) is 13.1 Å². The molecule has 3 nitrogen and oxygen atoms in total. The highest BCUT2D eigenvalue weighted by atomic mass is 15.1. The Hall–Kier alpha value is -0.930. The summed E-state index contributed by atoms with van der Waals surface area (Å²) in [5.74, 6) is 0. The van der Waals surface area contributed by atoms with Crippen molar-refractivity contribution in [2.75, 3.05) is 20.1 Å². The molecule has 1 saturated heterocycles. The van der Waals surface area contributed by atoms with Gasteiger partial charge in [-0.05, 0) is 45.1 Å². The van der Waals surface area contributed by atoms with Crippen molar-refractivity contribution >= 4 is 0 Å². The first-order valence-corrected chi connectivity index (χ1v) is 7.20. The number of rotatable bonds is 4. The van der Waals surface area contributed by atoms with Crippen LogP contribution >= 0.6 is 0 Å². The van der Waals surface area contributed by atoms with Crippen LogP contribution in [0.15, 0.2) is 18.2 Å². The van der Waals surface area contributed by atoms with Gasteiger partial charge in [-0.15, -0.1) is 0 Å². The van der Waals surface area contributed by atoms with Crippen LogP contribution in [0.5, 0.6) is 0 Å². The fourth-order valence-electron chi connectivity index (χ4n) is 2.60. The minimum atomic E-state index is 0.855. The highest BCUT2D eigenvalue weighted by Crippen LogP contribution is 2.12. The fraction of sp³-hybridized carbons (Fsp3) is 0.667. The summed E-state index contributed by atoms with van der Waals surface area (Å²) in [5.41, 5.74) is 2.35. The second-order valence-electron chi connectivity index (χ2n) is 5.19. The molecule has 0 radical (unpaired) electrons. The van der Waals surface area contributed by atoms with E-state index in [9.17, 15) is 0 Å². The Morgan fingerprint density at radius 1 is 1.06 bits per heavy atom. The lowest BCUT2D eigenvalue weighted by atomic mass is 10.1. The van der Waals surface area contributed by atoms with Gasteiger partial charge < -0.3 is 5.32 Å². The van der Waals surface area contributed by atoms with Crippen molar-refractivity contribution in [3.05, 3.63) is 29.6 Å². The molecule has 0 aromatic carbocycles. The van der Waals surface area contributed by atoms with E-state index in [0.29, 0.717) is 0 Å². The Morgan fingerprint density at radius 3 is 2.44 bits per heavy atom. The van der Waals surface area contributed by atoms with Gasteiger partial charge in [0.25, 0.3) is 0 Å². The Kier molecular flexibility index (Phi) is 5.62.